The van der Waals surface area contributed by atoms with Crippen LogP contribution in [0.15, 0.2) is 67.0 Å². The number of carbonyl (C=O) groups is 1. The Balaban J connectivity index is 1.13. The Bertz CT molecular complexity index is 1810. The number of fused-ring (bicyclic) bond motifs is 2. The molecular formula is C36H43N9O2. The number of rotatable bonds is 15. The average molecular weight is 634 g/mol. The van der Waals surface area contributed by atoms with Crippen LogP contribution in [0.3, 0.4) is 0 Å². The Kier molecular flexibility index (Phi) is 10.3. The Morgan fingerprint density at radius 3 is 2.74 bits per heavy atom. The molecule has 0 fully saturated rings. The Labute approximate surface area is 275 Å². The fraction of sp³-hybridized carbons (Fsp3) is 0.389. The summed E-state index contributed by atoms with van der Waals surface area (Å²) in [5.41, 5.74) is 6.05. The Hall–Kier alpha value is -4.90. The van der Waals surface area contributed by atoms with Gasteiger partial charge in [-0.05, 0) is 101 Å². The summed E-state index contributed by atoms with van der Waals surface area (Å²) >= 11 is 0. The smallest absolute Gasteiger partial charge is 0.326 e. The maximum absolute atomic E-state index is 12.6. The van der Waals surface area contributed by atoms with Crippen LogP contribution in [0, 0.1) is 13.8 Å². The van der Waals surface area contributed by atoms with Gasteiger partial charge in [0.05, 0.1) is 17.8 Å². The zero-order valence-corrected chi connectivity index (χ0v) is 27.2. The quantitative estimate of drug-likeness (QED) is 0.126. The normalized spacial score (nSPS) is 13.3. The van der Waals surface area contributed by atoms with E-state index in [1.807, 2.05) is 48.0 Å². The first-order chi connectivity index (χ1) is 22.9. The number of unbranched alkanes of at least 4 members (excludes halogenated alkanes) is 1. The predicted molar refractivity (Wildman–Crippen MR) is 185 cm³/mol. The molecule has 0 saturated carbocycles. The van der Waals surface area contributed by atoms with Gasteiger partial charge in [0.1, 0.15) is 17.7 Å². The zero-order valence-electron chi connectivity index (χ0n) is 27.2. The van der Waals surface area contributed by atoms with E-state index in [-0.39, 0.29) is 0 Å². The van der Waals surface area contributed by atoms with Gasteiger partial charge in [0.2, 0.25) is 0 Å². The number of pyridine rings is 2. The minimum Gasteiger partial charge on any atom is -0.480 e. The number of anilines is 2. The van der Waals surface area contributed by atoms with Gasteiger partial charge in [0.25, 0.3) is 0 Å². The number of hydrogen-bond acceptors (Lipinski definition) is 9. The number of para-hydroxylation sites is 1. The highest BCUT2D eigenvalue weighted by molar-refractivity contribution is 5.92. The number of nitrogens with one attached hydrogen (secondary N) is 2. The molecule has 244 valence electrons. The molecule has 0 bridgehead atoms. The summed E-state index contributed by atoms with van der Waals surface area (Å²) in [5.74, 6) is 1.12. The SMILES string of the molecule is Cc1cc(C)n(CCN(CCCCc2ccc3c(n2)NCCC3)CCC(Nc2nc(-c3cccnc3)nc3ccccc23)C(=O)O)n1. The molecular weight excluding hydrogens is 590 g/mol. The van der Waals surface area contributed by atoms with Crippen molar-refractivity contribution in [2.24, 2.45) is 0 Å². The fourth-order valence-electron chi connectivity index (χ4n) is 6.17. The number of carboxylic acids is 1. The molecule has 11 nitrogen and oxygen atoms in total. The van der Waals surface area contributed by atoms with Crippen LogP contribution in [-0.4, -0.2) is 77.9 Å². The molecule has 6 rings (SSSR count). The van der Waals surface area contributed by atoms with E-state index in [4.69, 9.17) is 15.0 Å². The molecule has 1 aliphatic rings. The lowest BCUT2D eigenvalue weighted by molar-refractivity contribution is -0.138. The predicted octanol–water partition coefficient (Wildman–Crippen LogP) is 5.54. The van der Waals surface area contributed by atoms with Crippen LogP contribution in [-0.2, 0) is 24.2 Å². The van der Waals surface area contributed by atoms with Crippen LogP contribution in [0.2, 0.25) is 0 Å². The summed E-state index contributed by atoms with van der Waals surface area (Å²) < 4.78 is 2.03. The monoisotopic (exact) mass is 633 g/mol. The molecule has 11 heteroatoms. The molecule has 0 radical (unpaired) electrons. The molecule has 1 unspecified atom stereocenters. The van der Waals surface area contributed by atoms with Gasteiger partial charge < -0.3 is 20.6 Å². The van der Waals surface area contributed by atoms with Crippen LogP contribution in [0.1, 0.15) is 48.3 Å². The Morgan fingerprint density at radius 1 is 1.04 bits per heavy atom. The van der Waals surface area contributed by atoms with Gasteiger partial charge in [-0.1, -0.05) is 18.2 Å². The van der Waals surface area contributed by atoms with Crippen molar-refractivity contribution in [3.05, 3.63) is 89.6 Å². The first kappa shape index (κ1) is 32.1. The third kappa shape index (κ3) is 8.28. The number of hydrogen-bond donors (Lipinski definition) is 3. The van der Waals surface area contributed by atoms with Crippen molar-refractivity contribution in [2.45, 2.75) is 65.0 Å². The lowest BCUT2D eigenvalue weighted by Crippen LogP contribution is -2.37. The van der Waals surface area contributed by atoms with Gasteiger partial charge in [-0.3, -0.25) is 9.67 Å². The third-order valence-electron chi connectivity index (χ3n) is 8.71. The van der Waals surface area contributed by atoms with Gasteiger partial charge >= 0.3 is 5.97 Å². The second-order valence-electron chi connectivity index (χ2n) is 12.3. The molecule has 1 aromatic carbocycles. The minimum absolute atomic E-state index is 0.408. The Morgan fingerprint density at radius 2 is 1.94 bits per heavy atom. The third-order valence-corrected chi connectivity index (χ3v) is 8.71. The average Bonchev–Trinajstić information content (AvgIpc) is 3.42. The van der Waals surface area contributed by atoms with Gasteiger partial charge in [0.15, 0.2) is 5.82 Å². The standard InChI is InChI=1S/C36H43N9O2/c1-25-23-26(2)45(43-25)22-21-44(19-6-5-11-29-15-14-27-9-8-18-38-33(27)39-29)20-16-32(36(46)47)41-35-30-12-3-4-13-31(30)40-34(42-35)28-10-7-17-37-24-28/h3-4,7,10,12-15,17,23-24,32H,5-6,8-9,11,16,18-22H2,1-2H3,(H,38,39)(H,46,47)(H,40,41,42). The zero-order chi connectivity index (χ0) is 32.6. The van der Waals surface area contributed by atoms with E-state index in [2.05, 4.69) is 50.7 Å². The second kappa shape index (κ2) is 15.1. The number of aryl methyl sites for hydroxylation is 4. The summed E-state index contributed by atoms with van der Waals surface area (Å²) in [7, 11) is 0. The molecule has 1 atom stereocenters. The van der Waals surface area contributed by atoms with E-state index in [9.17, 15) is 9.90 Å². The minimum atomic E-state index is -0.916. The van der Waals surface area contributed by atoms with Crippen LogP contribution < -0.4 is 10.6 Å². The van der Waals surface area contributed by atoms with E-state index in [0.717, 1.165) is 97.6 Å². The van der Waals surface area contributed by atoms with Crippen LogP contribution in [0.4, 0.5) is 11.6 Å². The van der Waals surface area contributed by atoms with E-state index < -0.39 is 12.0 Å². The molecule has 5 heterocycles. The van der Waals surface area contributed by atoms with Crippen molar-refractivity contribution < 1.29 is 9.90 Å². The molecule has 4 aromatic heterocycles. The summed E-state index contributed by atoms with van der Waals surface area (Å²) in [5, 5.41) is 22.4. The highest BCUT2D eigenvalue weighted by Crippen LogP contribution is 2.26. The number of benzene rings is 1. The van der Waals surface area contributed by atoms with Gasteiger partial charge in [-0.15, -0.1) is 0 Å². The second-order valence-corrected chi connectivity index (χ2v) is 12.3. The number of aromatic nitrogens is 6. The maximum atomic E-state index is 12.6. The van der Waals surface area contributed by atoms with Crippen LogP contribution in [0.25, 0.3) is 22.3 Å². The van der Waals surface area contributed by atoms with Crippen molar-refractivity contribution in [1.29, 1.82) is 0 Å². The van der Waals surface area contributed by atoms with Gasteiger partial charge in [-0.25, -0.2) is 19.7 Å². The van der Waals surface area contributed by atoms with E-state index in [1.54, 1.807) is 12.4 Å². The molecule has 3 N–H and O–H groups in total. The first-order valence-electron chi connectivity index (χ1n) is 16.6. The molecule has 0 aliphatic carbocycles. The highest BCUT2D eigenvalue weighted by Gasteiger charge is 2.22. The van der Waals surface area contributed by atoms with E-state index in [1.165, 1.54) is 5.56 Å². The van der Waals surface area contributed by atoms with E-state index >= 15 is 0 Å². The lowest BCUT2D eigenvalue weighted by Gasteiger charge is -2.25. The number of aliphatic carboxylic acids is 1. The summed E-state index contributed by atoms with van der Waals surface area (Å²) in [6, 6.07) is 17.0. The number of nitrogens with zero attached hydrogens (tertiary/aromatic N) is 7. The summed E-state index contributed by atoms with van der Waals surface area (Å²) in [6.45, 7) is 8.05. The largest absolute Gasteiger partial charge is 0.480 e. The van der Waals surface area contributed by atoms with E-state index in [0.29, 0.717) is 24.6 Å². The summed E-state index contributed by atoms with van der Waals surface area (Å²) in [6.07, 6.45) is 8.97. The van der Waals surface area contributed by atoms with Crippen LogP contribution in [0.5, 0.6) is 0 Å². The van der Waals surface area contributed by atoms with Gasteiger partial charge in [0, 0.05) is 54.4 Å². The molecule has 5 aromatic rings. The highest BCUT2D eigenvalue weighted by atomic mass is 16.4. The maximum Gasteiger partial charge on any atom is 0.326 e. The van der Waals surface area contributed by atoms with Crippen molar-refractivity contribution in [1.82, 2.24) is 34.6 Å². The van der Waals surface area contributed by atoms with Crippen molar-refractivity contribution in [3.63, 3.8) is 0 Å². The van der Waals surface area contributed by atoms with Gasteiger partial charge in [-0.2, -0.15) is 5.10 Å². The molecule has 0 saturated heterocycles. The first-order valence-corrected chi connectivity index (χ1v) is 16.6. The van der Waals surface area contributed by atoms with Crippen molar-refractivity contribution in [2.75, 3.05) is 36.8 Å². The molecule has 47 heavy (non-hydrogen) atoms. The summed E-state index contributed by atoms with van der Waals surface area (Å²) in [4.78, 5) is 33.5. The topological polar surface area (TPSA) is 134 Å². The molecule has 0 spiro atoms. The van der Waals surface area contributed by atoms with Crippen molar-refractivity contribution in [3.8, 4) is 11.4 Å². The fourth-order valence-corrected chi connectivity index (χ4v) is 6.17. The molecule has 0 amide bonds. The van der Waals surface area contributed by atoms with Crippen molar-refractivity contribution >= 4 is 28.5 Å². The molecule has 1 aliphatic heterocycles. The number of carboxylic acid groups (broad SMARTS) is 1. The lowest BCUT2D eigenvalue weighted by atomic mass is 10.1. The van der Waals surface area contributed by atoms with Crippen LogP contribution >= 0.6 is 0 Å².